The molecule has 50 heavy (non-hydrogen) atoms. The molecule has 2 heteroatoms. The molecule has 1 aliphatic carbocycles. The Morgan fingerprint density at radius 3 is 1.60 bits per heavy atom. The van der Waals surface area contributed by atoms with Gasteiger partial charge in [0.2, 0.25) is 0 Å². The Morgan fingerprint density at radius 1 is 0.400 bits per heavy atom. The Labute approximate surface area is 291 Å². The summed E-state index contributed by atoms with van der Waals surface area (Å²) in [5.74, 6) is 0.361. The Kier molecular flexibility index (Phi) is 6.67. The number of rotatable bonds is 5. The zero-order valence-electron chi connectivity index (χ0n) is 27.6. The highest BCUT2D eigenvalue weighted by Gasteiger charge is 2.20. The van der Waals surface area contributed by atoms with Crippen molar-refractivity contribution in [2.75, 3.05) is 0 Å². The van der Waals surface area contributed by atoms with Crippen molar-refractivity contribution >= 4 is 43.6 Å². The standard InChI is InChI=1S/C48H34N2/c1-3-15-33(16-4-1)37-19-7-11-23-43(37)49-45-25-13-9-21-39(45)41-31-35(27-29-47(41)49)36-28-30-48-42(32-36)40-22-10-14-26-46(40)50(48)44-24-12-8-20-38(44)34-17-5-2-6-18-34/h1-17,19-32,34H,18H2. The Balaban J connectivity index is 1.15. The smallest absolute Gasteiger partial charge is 0.0541 e. The number of allylic oxidation sites excluding steroid dienone is 4. The minimum atomic E-state index is 0.361. The average Bonchev–Trinajstić information content (AvgIpc) is 3.70. The Bertz CT molecular complexity index is 2790. The largest absolute Gasteiger partial charge is 0.309 e. The van der Waals surface area contributed by atoms with E-state index in [0.717, 1.165) is 6.42 Å². The van der Waals surface area contributed by atoms with E-state index in [1.54, 1.807) is 0 Å². The molecule has 10 rings (SSSR count). The van der Waals surface area contributed by atoms with Crippen molar-refractivity contribution in [2.24, 2.45) is 0 Å². The lowest BCUT2D eigenvalue weighted by Crippen LogP contribution is -2.04. The Morgan fingerprint density at radius 2 is 0.940 bits per heavy atom. The van der Waals surface area contributed by atoms with Gasteiger partial charge < -0.3 is 9.13 Å². The first-order valence-electron chi connectivity index (χ1n) is 17.5. The molecule has 0 aliphatic heterocycles. The highest BCUT2D eigenvalue weighted by Crippen LogP contribution is 2.41. The van der Waals surface area contributed by atoms with Gasteiger partial charge in [0.15, 0.2) is 0 Å². The third-order valence-corrected chi connectivity index (χ3v) is 10.5. The number of hydrogen-bond acceptors (Lipinski definition) is 0. The second-order valence-corrected chi connectivity index (χ2v) is 13.3. The summed E-state index contributed by atoms with van der Waals surface area (Å²) in [4.78, 5) is 0. The SMILES string of the molecule is C1=CCC(c2ccccc2-n2c3ccccc3c3cc(-c4ccc5c(c4)c4ccccc4n5-c4ccccc4-c4ccccc4)ccc32)C=C1. The van der Waals surface area contributed by atoms with Crippen LogP contribution >= 0.6 is 0 Å². The minimum Gasteiger partial charge on any atom is -0.309 e. The van der Waals surface area contributed by atoms with Crippen LogP contribution in [0.1, 0.15) is 17.9 Å². The van der Waals surface area contributed by atoms with Crippen LogP contribution in [0.25, 0.3) is 77.2 Å². The van der Waals surface area contributed by atoms with E-state index in [1.165, 1.54) is 82.8 Å². The predicted molar refractivity (Wildman–Crippen MR) is 212 cm³/mol. The van der Waals surface area contributed by atoms with E-state index in [4.69, 9.17) is 0 Å². The minimum absolute atomic E-state index is 0.361. The fraction of sp³-hybridized carbons (Fsp3) is 0.0417. The van der Waals surface area contributed by atoms with E-state index in [0.29, 0.717) is 5.92 Å². The van der Waals surface area contributed by atoms with Gasteiger partial charge in [-0.15, -0.1) is 0 Å². The van der Waals surface area contributed by atoms with Gasteiger partial charge in [0, 0.05) is 38.7 Å². The fourth-order valence-corrected chi connectivity index (χ4v) is 8.17. The summed E-state index contributed by atoms with van der Waals surface area (Å²) in [5, 5.41) is 5.06. The summed E-state index contributed by atoms with van der Waals surface area (Å²) in [6, 6.07) is 60.0. The fourth-order valence-electron chi connectivity index (χ4n) is 8.17. The molecule has 0 saturated heterocycles. The third kappa shape index (κ3) is 4.49. The van der Waals surface area contributed by atoms with Crippen molar-refractivity contribution in [3.05, 3.63) is 194 Å². The number of benzene rings is 7. The molecular formula is C48H34N2. The van der Waals surface area contributed by atoms with E-state index >= 15 is 0 Å². The summed E-state index contributed by atoms with van der Waals surface area (Å²) in [5.41, 5.74) is 13.6. The maximum Gasteiger partial charge on any atom is 0.0541 e. The van der Waals surface area contributed by atoms with Gasteiger partial charge in [-0.05, 0) is 77.2 Å². The quantitative estimate of drug-likeness (QED) is 0.178. The van der Waals surface area contributed by atoms with Crippen LogP contribution in [0.15, 0.2) is 188 Å². The van der Waals surface area contributed by atoms with E-state index in [9.17, 15) is 0 Å². The Hall–Kier alpha value is -6.38. The van der Waals surface area contributed by atoms with Crippen LogP contribution in [-0.2, 0) is 0 Å². The number of aromatic nitrogens is 2. The molecule has 0 radical (unpaired) electrons. The normalized spacial score (nSPS) is 14.4. The van der Waals surface area contributed by atoms with Gasteiger partial charge >= 0.3 is 0 Å². The highest BCUT2D eigenvalue weighted by molar-refractivity contribution is 6.13. The monoisotopic (exact) mass is 638 g/mol. The molecule has 2 aromatic heterocycles. The lowest BCUT2D eigenvalue weighted by molar-refractivity contribution is 0.843. The van der Waals surface area contributed by atoms with Crippen LogP contribution < -0.4 is 0 Å². The summed E-state index contributed by atoms with van der Waals surface area (Å²) >= 11 is 0. The van der Waals surface area contributed by atoms with Crippen molar-refractivity contribution < 1.29 is 0 Å². The van der Waals surface area contributed by atoms with E-state index in [2.05, 4.69) is 197 Å². The second kappa shape index (κ2) is 11.6. The maximum atomic E-state index is 2.47. The lowest BCUT2D eigenvalue weighted by Gasteiger charge is -2.20. The van der Waals surface area contributed by atoms with Crippen LogP contribution in [0.5, 0.6) is 0 Å². The van der Waals surface area contributed by atoms with Crippen molar-refractivity contribution in [3.63, 3.8) is 0 Å². The molecule has 0 N–H and O–H groups in total. The molecule has 2 nitrogen and oxygen atoms in total. The molecule has 1 aliphatic rings. The molecule has 7 aromatic carbocycles. The number of nitrogens with zero attached hydrogens (tertiary/aromatic N) is 2. The molecule has 0 amide bonds. The van der Waals surface area contributed by atoms with Crippen molar-refractivity contribution in [2.45, 2.75) is 12.3 Å². The van der Waals surface area contributed by atoms with Crippen LogP contribution in [0.4, 0.5) is 0 Å². The van der Waals surface area contributed by atoms with E-state index < -0.39 is 0 Å². The first-order chi connectivity index (χ1) is 24.8. The van der Waals surface area contributed by atoms with Crippen LogP contribution in [-0.4, -0.2) is 9.13 Å². The molecule has 0 bridgehead atoms. The molecule has 2 heterocycles. The number of para-hydroxylation sites is 4. The zero-order valence-corrected chi connectivity index (χ0v) is 27.6. The average molecular weight is 639 g/mol. The predicted octanol–water partition coefficient (Wildman–Crippen LogP) is 12.8. The van der Waals surface area contributed by atoms with Crippen molar-refractivity contribution in [1.29, 1.82) is 0 Å². The summed E-state index contributed by atoms with van der Waals surface area (Å²) in [7, 11) is 0. The first-order valence-corrected chi connectivity index (χ1v) is 17.5. The second-order valence-electron chi connectivity index (χ2n) is 13.3. The van der Waals surface area contributed by atoms with Gasteiger partial charge in [-0.25, -0.2) is 0 Å². The van der Waals surface area contributed by atoms with Crippen LogP contribution in [0, 0.1) is 0 Å². The first kappa shape index (κ1) is 28.6. The van der Waals surface area contributed by atoms with Gasteiger partial charge in [0.1, 0.15) is 0 Å². The van der Waals surface area contributed by atoms with Gasteiger partial charge in [-0.1, -0.05) is 140 Å². The molecule has 0 saturated carbocycles. The number of fused-ring (bicyclic) bond motifs is 6. The summed E-state index contributed by atoms with van der Waals surface area (Å²) < 4.78 is 4.90. The van der Waals surface area contributed by atoms with Gasteiger partial charge in [-0.2, -0.15) is 0 Å². The van der Waals surface area contributed by atoms with Gasteiger partial charge in [-0.3, -0.25) is 0 Å². The molecule has 1 unspecified atom stereocenters. The van der Waals surface area contributed by atoms with Crippen molar-refractivity contribution in [3.8, 4) is 33.6 Å². The maximum absolute atomic E-state index is 2.47. The molecule has 236 valence electrons. The van der Waals surface area contributed by atoms with Gasteiger partial charge in [0.25, 0.3) is 0 Å². The lowest BCUT2D eigenvalue weighted by atomic mass is 9.91. The summed E-state index contributed by atoms with van der Waals surface area (Å²) in [6.45, 7) is 0. The highest BCUT2D eigenvalue weighted by atomic mass is 15.0. The van der Waals surface area contributed by atoms with Gasteiger partial charge in [0.05, 0.1) is 27.8 Å². The molecule has 0 fully saturated rings. The van der Waals surface area contributed by atoms with Crippen LogP contribution in [0.2, 0.25) is 0 Å². The van der Waals surface area contributed by atoms with Crippen LogP contribution in [0.3, 0.4) is 0 Å². The zero-order chi connectivity index (χ0) is 33.0. The molecule has 0 spiro atoms. The third-order valence-electron chi connectivity index (χ3n) is 10.5. The van der Waals surface area contributed by atoms with E-state index in [-0.39, 0.29) is 0 Å². The van der Waals surface area contributed by atoms with E-state index in [1.807, 2.05) is 0 Å². The summed E-state index contributed by atoms with van der Waals surface area (Å²) in [6.07, 6.45) is 9.96. The number of hydrogen-bond donors (Lipinski definition) is 0. The van der Waals surface area contributed by atoms with Crippen molar-refractivity contribution in [1.82, 2.24) is 9.13 Å². The molecule has 9 aromatic rings. The topological polar surface area (TPSA) is 9.86 Å². The molecule has 1 atom stereocenters. The molecular weight excluding hydrogens is 605 g/mol.